The summed E-state index contributed by atoms with van der Waals surface area (Å²) in [6.07, 6.45) is 4.82. The molecule has 1 heterocycles. The van der Waals surface area contributed by atoms with Gasteiger partial charge in [-0.3, -0.25) is 0 Å². The third-order valence-corrected chi connectivity index (χ3v) is 4.66. The van der Waals surface area contributed by atoms with Crippen LogP contribution in [0, 0.1) is 0 Å². The third-order valence-electron chi connectivity index (χ3n) is 2.73. The summed E-state index contributed by atoms with van der Waals surface area (Å²) >= 11 is 0. The van der Waals surface area contributed by atoms with E-state index < -0.39 is 8.32 Å². The van der Waals surface area contributed by atoms with Gasteiger partial charge >= 0.3 is 0 Å². The minimum Gasteiger partial charge on any atom is -0.407 e. The molecule has 1 nitrogen and oxygen atoms in total. The average molecular weight is 218 g/mol. The predicted octanol–water partition coefficient (Wildman–Crippen LogP) is 3.84. The zero-order valence-corrected chi connectivity index (χ0v) is 10.4. The highest BCUT2D eigenvalue weighted by atomic mass is 28.4. The summed E-state index contributed by atoms with van der Waals surface area (Å²) in [5.74, 6) is 0. The van der Waals surface area contributed by atoms with Gasteiger partial charge in [-0.05, 0) is 31.5 Å². The SMILES string of the molecule is C[Si]1(C)C=CCCC(c2ccccc2)O1. The van der Waals surface area contributed by atoms with Crippen LogP contribution in [0.5, 0.6) is 0 Å². The first-order valence-electron chi connectivity index (χ1n) is 5.58. The molecule has 0 N–H and O–H groups in total. The molecule has 1 aliphatic rings. The van der Waals surface area contributed by atoms with Crippen molar-refractivity contribution in [2.75, 3.05) is 0 Å². The van der Waals surface area contributed by atoms with Gasteiger partial charge in [0.1, 0.15) is 0 Å². The van der Waals surface area contributed by atoms with Crippen LogP contribution in [0.2, 0.25) is 13.1 Å². The minimum absolute atomic E-state index is 0.294. The van der Waals surface area contributed by atoms with Crippen molar-refractivity contribution in [3.63, 3.8) is 0 Å². The Labute approximate surface area is 92.9 Å². The first-order valence-corrected chi connectivity index (χ1v) is 8.56. The number of benzene rings is 1. The Morgan fingerprint density at radius 2 is 1.93 bits per heavy atom. The molecule has 0 fully saturated rings. The molecular weight excluding hydrogens is 200 g/mol. The van der Waals surface area contributed by atoms with Gasteiger partial charge in [0.2, 0.25) is 8.32 Å². The topological polar surface area (TPSA) is 9.23 Å². The molecule has 1 aliphatic heterocycles. The van der Waals surface area contributed by atoms with Crippen LogP contribution in [0.15, 0.2) is 42.1 Å². The van der Waals surface area contributed by atoms with Crippen molar-refractivity contribution in [2.45, 2.75) is 32.0 Å². The number of rotatable bonds is 1. The van der Waals surface area contributed by atoms with E-state index in [0.29, 0.717) is 6.10 Å². The molecular formula is C13H18OSi. The zero-order valence-electron chi connectivity index (χ0n) is 9.44. The Kier molecular flexibility index (Phi) is 3.07. The van der Waals surface area contributed by atoms with Gasteiger partial charge < -0.3 is 4.43 Å². The number of allylic oxidation sites excluding steroid dienone is 1. The lowest BCUT2D eigenvalue weighted by molar-refractivity contribution is 0.194. The Morgan fingerprint density at radius 3 is 2.67 bits per heavy atom. The molecule has 0 saturated heterocycles. The van der Waals surface area contributed by atoms with Crippen molar-refractivity contribution in [3.05, 3.63) is 47.7 Å². The molecule has 0 spiro atoms. The van der Waals surface area contributed by atoms with Crippen LogP contribution in [0.3, 0.4) is 0 Å². The van der Waals surface area contributed by atoms with Crippen molar-refractivity contribution in [1.29, 1.82) is 0 Å². The standard InChI is InChI=1S/C13H18OSi/c1-15(2)11-7-6-10-13(14-15)12-8-4-3-5-9-12/h3-5,7-9,11,13H,6,10H2,1-2H3. The van der Waals surface area contributed by atoms with E-state index in [9.17, 15) is 0 Å². The second kappa shape index (κ2) is 4.33. The molecule has 1 atom stereocenters. The molecule has 1 aromatic rings. The van der Waals surface area contributed by atoms with Crippen LogP contribution < -0.4 is 0 Å². The highest BCUT2D eigenvalue weighted by Gasteiger charge is 2.26. The van der Waals surface area contributed by atoms with E-state index >= 15 is 0 Å². The Hall–Kier alpha value is -0.863. The number of hydrogen-bond donors (Lipinski definition) is 0. The second-order valence-electron chi connectivity index (χ2n) is 4.60. The summed E-state index contributed by atoms with van der Waals surface area (Å²) in [5, 5.41) is 0. The van der Waals surface area contributed by atoms with E-state index in [2.05, 4.69) is 55.2 Å². The third kappa shape index (κ3) is 2.80. The molecule has 0 bridgehead atoms. The Bertz CT molecular complexity index is 343. The highest BCUT2D eigenvalue weighted by molar-refractivity contribution is 6.76. The lowest BCUT2D eigenvalue weighted by atomic mass is 10.1. The summed E-state index contributed by atoms with van der Waals surface area (Å²) in [5.41, 5.74) is 3.62. The first kappa shape index (κ1) is 10.6. The maximum Gasteiger partial charge on any atom is 0.211 e. The van der Waals surface area contributed by atoms with Crippen molar-refractivity contribution < 1.29 is 4.43 Å². The molecule has 0 aliphatic carbocycles. The van der Waals surface area contributed by atoms with Crippen molar-refractivity contribution >= 4 is 8.32 Å². The summed E-state index contributed by atoms with van der Waals surface area (Å²) < 4.78 is 6.24. The van der Waals surface area contributed by atoms with Crippen molar-refractivity contribution in [1.82, 2.24) is 0 Å². The first-order chi connectivity index (χ1) is 7.17. The second-order valence-corrected chi connectivity index (χ2v) is 8.38. The van der Waals surface area contributed by atoms with Gasteiger partial charge in [-0.15, -0.1) is 0 Å². The minimum atomic E-state index is -1.57. The van der Waals surface area contributed by atoms with Gasteiger partial charge in [-0.25, -0.2) is 0 Å². The maximum absolute atomic E-state index is 6.24. The van der Waals surface area contributed by atoms with Crippen LogP contribution in [0.25, 0.3) is 0 Å². The van der Waals surface area contributed by atoms with Gasteiger partial charge in [0.05, 0.1) is 6.10 Å². The molecule has 80 valence electrons. The van der Waals surface area contributed by atoms with Gasteiger partial charge in [0, 0.05) is 0 Å². The van der Waals surface area contributed by atoms with Crippen LogP contribution in [0.1, 0.15) is 24.5 Å². The van der Waals surface area contributed by atoms with Crippen LogP contribution >= 0.6 is 0 Å². The van der Waals surface area contributed by atoms with E-state index in [1.54, 1.807) is 0 Å². The van der Waals surface area contributed by atoms with Crippen molar-refractivity contribution in [3.8, 4) is 0 Å². The quantitative estimate of drug-likeness (QED) is 0.651. The maximum atomic E-state index is 6.24. The average Bonchev–Trinajstić information content (AvgIpc) is 2.41. The lowest BCUT2D eigenvalue weighted by Gasteiger charge is -2.25. The molecule has 0 amide bonds. The summed E-state index contributed by atoms with van der Waals surface area (Å²) in [6, 6.07) is 10.6. The smallest absolute Gasteiger partial charge is 0.211 e. The van der Waals surface area contributed by atoms with E-state index in [-0.39, 0.29) is 0 Å². The molecule has 0 aromatic heterocycles. The molecule has 1 aromatic carbocycles. The predicted molar refractivity (Wildman–Crippen MR) is 66.1 cm³/mol. The van der Waals surface area contributed by atoms with Gasteiger partial charge in [-0.1, -0.05) is 42.1 Å². The summed E-state index contributed by atoms with van der Waals surface area (Å²) in [6.45, 7) is 4.51. The fourth-order valence-corrected chi connectivity index (χ4v) is 3.78. The largest absolute Gasteiger partial charge is 0.407 e. The fraction of sp³-hybridized carbons (Fsp3) is 0.385. The van der Waals surface area contributed by atoms with Gasteiger partial charge in [0.15, 0.2) is 0 Å². The van der Waals surface area contributed by atoms with Gasteiger partial charge in [0.25, 0.3) is 0 Å². The van der Waals surface area contributed by atoms with Crippen molar-refractivity contribution in [2.24, 2.45) is 0 Å². The van der Waals surface area contributed by atoms with E-state index in [4.69, 9.17) is 4.43 Å². The van der Waals surface area contributed by atoms with E-state index in [1.165, 1.54) is 5.56 Å². The molecule has 0 radical (unpaired) electrons. The molecule has 0 saturated carbocycles. The molecule has 15 heavy (non-hydrogen) atoms. The Morgan fingerprint density at radius 1 is 1.20 bits per heavy atom. The zero-order chi connectivity index (χ0) is 10.7. The monoisotopic (exact) mass is 218 g/mol. The highest BCUT2D eigenvalue weighted by Crippen LogP contribution is 2.29. The summed E-state index contributed by atoms with van der Waals surface area (Å²) in [7, 11) is -1.57. The molecule has 2 heteroatoms. The van der Waals surface area contributed by atoms with E-state index in [1.807, 2.05) is 0 Å². The number of hydrogen-bond acceptors (Lipinski definition) is 1. The van der Waals surface area contributed by atoms with Gasteiger partial charge in [-0.2, -0.15) is 0 Å². The summed E-state index contributed by atoms with van der Waals surface area (Å²) in [4.78, 5) is 0. The normalized spacial score (nSPS) is 24.8. The fourth-order valence-electron chi connectivity index (χ4n) is 1.98. The van der Waals surface area contributed by atoms with E-state index in [0.717, 1.165) is 12.8 Å². The molecule has 2 rings (SSSR count). The lowest BCUT2D eigenvalue weighted by Crippen LogP contribution is -2.29. The molecule has 1 unspecified atom stereocenters. The van der Waals surface area contributed by atoms with Crippen LogP contribution in [-0.2, 0) is 4.43 Å². The van der Waals surface area contributed by atoms with Crippen LogP contribution in [-0.4, -0.2) is 8.32 Å². The van der Waals surface area contributed by atoms with Crippen LogP contribution in [0.4, 0.5) is 0 Å². The Balaban J connectivity index is 2.18.